The van der Waals surface area contributed by atoms with Crippen molar-refractivity contribution in [1.29, 1.82) is 0 Å². The molecule has 1 fully saturated rings. The highest BCUT2D eigenvalue weighted by molar-refractivity contribution is 6.36. The number of aromatic nitrogens is 2. The van der Waals surface area contributed by atoms with Crippen LogP contribution in [0.5, 0.6) is 6.01 Å². The summed E-state index contributed by atoms with van der Waals surface area (Å²) in [5, 5.41) is 1.18. The fourth-order valence-corrected chi connectivity index (χ4v) is 4.12. The van der Waals surface area contributed by atoms with E-state index in [0.717, 1.165) is 16.6 Å². The Morgan fingerprint density at radius 2 is 1.84 bits per heavy atom. The van der Waals surface area contributed by atoms with E-state index in [0.29, 0.717) is 42.1 Å². The van der Waals surface area contributed by atoms with Crippen LogP contribution in [-0.2, 0) is 11.3 Å². The van der Waals surface area contributed by atoms with Crippen LogP contribution in [-0.4, -0.2) is 45.3 Å². The second-order valence-corrected chi connectivity index (χ2v) is 9.44. The molecule has 1 amide bonds. The number of hydrogen-bond donors (Lipinski definition) is 0. The van der Waals surface area contributed by atoms with Crippen LogP contribution in [0.1, 0.15) is 32.8 Å². The van der Waals surface area contributed by atoms with Crippen molar-refractivity contribution in [3.05, 3.63) is 58.1 Å². The summed E-state index contributed by atoms with van der Waals surface area (Å²) in [7, 11) is 0. The summed E-state index contributed by atoms with van der Waals surface area (Å²) in [5.74, 6) is 0. The van der Waals surface area contributed by atoms with Gasteiger partial charge in [-0.25, -0.2) is 4.79 Å². The first kappa shape index (κ1) is 21.8. The Balaban J connectivity index is 1.57. The highest BCUT2D eigenvalue weighted by Crippen LogP contribution is 2.30. The molecule has 1 saturated heterocycles. The standard InChI is InChI=1S/C23H25Cl2N3O3/c1-23(2,3)31-22(29)27-12-11-15(13-27)30-21-26-19-9-4-5-10-20(19)28(21)14-16-17(24)7-6-8-18(16)25/h4-10,15H,11-14H2,1-3H3/t15-/m0/s1. The van der Waals surface area contributed by atoms with Crippen LogP contribution in [0, 0.1) is 0 Å². The van der Waals surface area contributed by atoms with E-state index in [4.69, 9.17) is 32.7 Å². The summed E-state index contributed by atoms with van der Waals surface area (Å²) in [6.45, 7) is 7.03. The fraction of sp³-hybridized carbons (Fsp3) is 0.391. The molecule has 1 aromatic heterocycles. The molecule has 1 aliphatic heterocycles. The van der Waals surface area contributed by atoms with Gasteiger partial charge in [0.1, 0.15) is 11.7 Å². The van der Waals surface area contributed by atoms with Gasteiger partial charge >= 0.3 is 6.09 Å². The lowest BCUT2D eigenvalue weighted by Crippen LogP contribution is -2.36. The molecule has 31 heavy (non-hydrogen) atoms. The van der Waals surface area contributed by atoms with Gasteiger partial charge in [-0.15, -0.1) is 0 Å². The third kappa shape index (κ3) is 4.91. The second-order valence-electron chi connectivity index (χ2n) is 8.62. The number of rotatable bonds is 4. The van der Waals surface area contributed by atoms with E-state index in [-0.39, 0.29) is 12.2 Å². The van der Waals surface area contributed by atoms with Crippen LogP contribution < -0.4 is 4.74 Å². The topological polar surface area (TPSA) is 56.6 Å². The van der Waals surface area contributed by atoms with Crippen LogP contribution in [0.2, 0.25) is 10.0 Å². The molecule has 1 aliphatic rings. The van der Waals surface area contributed by atoms with Gasteiger partial charge in [0.2, 0.25) is 0 Å². The Kier molecular flexibility index (Phi) is 6.04. The Bertz CT molecular complexity index is 1090. The van der Waals surface area contributed by atoms with Crippen LogP contribution in [0.15, 0.2) is 42.5 Å². The zero-order valence-corrected chi connectivity index (χ0v) is 19.3. The summed E-state index contributed by atoms with van der Waals surface area (Å²) in [6.07, 6.45) is 0.203. The summed E-state index contributed by atoms with van der Waals surface area (Å²) >= 11 is 12.8. The quantitative estimate of drug-likeness (QED) is 0.493. The number of imidazole rings is 1. The molecule has 1 atom stereocenters. The number of ether oxygens (including phenoxy) is 2. The normalized spacial score (nSPS) is 16.7. The molecule has 8 heteroatoms. The zero-order chi connectivity index (χ0) is 22.2. The first-order chi connectivity index (χ1) is 14.7. The number of benzene rings is 2. The molecule has 0 N–H and O–H groups in total. The Hall–Kier alpha value is -2.44. The van der Waals surface area contributed by atoms with Crippen molar-refractivity contribution in [2.75, 3.05) is 13.1 Å². The van der Waals surface area contributed by atoms with Gasteiger partial charge in [0.25, 0.3) is 6.01 Å². The minimum Gasteiger partial charge on any atom is -0.459 e. The van der Waals surface area contributed by atoms with Crippen LogP contribution >= 0.6 is 23.2 Å². The molecule has 164 valence electrons. The van der Waals surface area contributed by atoms with Gasteiger partial charge in [-0.2, -0.15) is 4.98 Å². The van der Waals surface area contributed by atoms with Crippen LogP contribution in [0.25, 0.3) is 11.0 Å². The summed E-state index contributed by atoms with van der Waals surface area (Å²) < 4.78 is 13.7. The predicted octanol–water partition coefficient (Wildman–Crippen LogP) is 5.78. The molecule has 0 unspecified atom stereocenters. The molecule has 6 nitrogen and oxygen atoms in total. The molecule has 4 rings (SSSR count). The van der Waals surface area contributed by atoms with Crippen molar-refractivity contribution < 1.29 is 14.3 Å². The molecule has 0 spiro atoms. The average Bonchev–Trinajstić information content (AvgIpc) is 3.29. The average molecular weight is 462 g/mol. The predicted molar refractivity (Wildman–Crippen MR) is 122 cm³/mol. The van der Waals surface area contributed by atoms with Crippen molar-refractivity contribution in [2.45, 2.75) is 45.4 Å². The van der Waals surface area contributed by atoms with Gasteiger partial charge < -0.3 is 14.4 Å². The number of fused-ring (bicyclic) bond motifs is 1. The third-order valence-electron chi connectivity index (χ3n) is 5.07. The highest BCUT2D eigenvalue weighted by Gasteiger charge is 2.32. The summed E-state index contributed by atoms with van der Waals surface area (Å²) in [5.41, 5.74) is 2.02. The largest absolute Gasteiger partial charge is 0.459 e. The third-order valence-corrected chi connectivity index (χ3v) is 5.77. The molecule has 0 radical (unpaired) electrons. The maximum Gasteiger partial charge on any atom is 0.410 e. The van der Waals surface area contributed by atoms with Gasteiger partial charge in [0, 0.05) is 28.6 Å². The Morgan fingerprint density at radius 3 is 2.55 bits per heavy atom. The lowest BCUT2D eigenvalue weighted by atomic mass is 10.2. The number of carbonyl (C=O) groups excluding carboxylic acids is 1. The van der Waals surface area contributed by atoms with E-state index in [9.17, 15) is 4.79 Å². The van der Waals surface area contributed by atoms with Crippen molar-refractivity contribution in [1.82, 2.24) is 14.5 Å². The zero-order valence-electron chi connectivity index (χ0n) is 17.8. The van der Waals surface area contributed by atoms with E-state index in [2.05, 4.69) is 4.98 Å². The number of likely N-dealkylation sites (tertiary alicyclic amines) is 1. The Morgan fingerprint density at radius 1 is 1.13 bits per heavy atom. The van der Waals surface area contributed by atoms with E-state index < -0.39 is 5.60 Å². The van der Waals surface area contributed by atoms with E-state index >= 15 is 0 Å². The molecule has 2 heterocycles. The van der Waals surface area contributed by atoms with Gasteiger partial charge in [0.15, 0.2) is 0 Å². The van der Waals surface area contributed by atoms with Gasteiger partial charge in [0.05, 0.1) is 24.1 Å². The maximum atomic E-state index is 12.4. The van der Waals surface area contributed by atoms with E-state index in [1.807, 2.05) is 67.8 Å². The number of hydrogen-bond acceptors (Lipinski definition) is 4. The van der Waals surface area contributed by atoms with E-state index in [1.54, 1.807) is 4.90 Å². The molecule has 2 aromatic carbocycles. The molecule has 0 aliphatic carbocycles. The highest BCUT2D eigenvalue weighted by atomic mass is 35.5. The first-order valence-corrected chi connectivity index (χ1v) is 11.0. The number of amides is 1. The lowest BCUT2D eigenvalue weighted by molar-refractivity contribution is 0.0273. The van der Waals surface area contributed by atoms with Gasteiger partial charge in [-0.05, 0) is 45.0 Å². The van der Waals surface area contributed by atoms with Crippen LogP contribution in [0.3, 0.4) is 0 Å². The van der Waals surface area contributed by atoms with Crippen LogP contribution in [0.4, 0.5) is 4.79 Å². The second kappa shape index (κ2) is 8.60. The number of halogens is 2. The Labute approximate surface area is 191 Å². The molecule has 0 bridgehead atoms. The van der Waals surface area contributed by atoms with Gasteiger partial charge in [-0.1, -0.05) is 41.4 Å². The molecule has 3 aromatic rings. The number of carbonyl (C=O) groups is 1. The molecular formula is C23H25Cl2N3O3. The van der Waals surface area contributed by atoms with E-state index in [1.165, 1.54) is 0 Å². The SMILES string of the molecule is CC(C)(C)OC(=O)N1CC[C@H](Oc2nc3ccccc3n2Cc2c(Cl)cccc2Cl)C1. The summed E-state index contributed by atoms with van der Waals surface area (Å²) in [6, 6.07) is 13.8. The van der Waals surface area contributed by atoms with Gasteiger partial charge in [-0.3, -0.25) is 4.57 Å². The number of para-hydroxylation sites is 2. The van der Waals surface area contributed by atoms with Crippen molar-refractivity contribution in [3.63, 3.8) is 0 Å². The van der Waals surface area contributed by atoms with Crippen molar-refractivity contribution >= 4 is 40.3 Å². The first-order valence-electron chi connectivity index (χ1n) is 10.2. The van der Waals surface area contributed by atoms with Crippen molar-refractivity contribution in [2.24, 2.45) is 0 Å². The maximum absolute atomic E-state index is 12.4. The summed E-state index contributed by atoms with van der Waals surface area (Å²) in [4.78, 5) is 18.7. The molecule has 0 saturated carbocycles. The smallest absolute Gasteiger partial charge is 0.410 e. The van der Waals surface area contributed by atoms with Crippen molar-refractivity contribution in [3.8, 4) is 6.01 Å². The monoisotopic (exact) mass is 461 g/mol. The minimum absolute atomic E-state index is 0.176. The fourth-order valence-electron chi connectivity index (χ4n) is 3.60. The number of nitrogens with zero attached hydrogens (tertiary/aromatic N) is 3. The molecular weight excluding hydrogens is 437 g/mol. The minimum atomic E-state index is -0.530. The lowest BCUT2D eigenvalue weighted by Gasteiger charge is -2.24.